The highest BCUT2D eigenvalue weighted by Crippen LogP contribution is 2.30. The van der Waals surface area contributed by atoms with E-state index >= 15 is 0 Å². The number of carbonyl (C=O) groups excluding carboxylic acids is 2. The van der Waals surface area contributed by atoms with Gasteiger partial charge in [-0.15, -0.1) is 0 Å². The first kappa shape index (κ1) is 17.0. The SMILES string of the molecule is O=C(CCNC(=O)[C@H]1CC[C@@H](C(=O)O)C1)NCc1ccccc1. The predicted octanol–water partition coefficient (Wildman–Crippen LogP) is 1.31. The van der Waals surface area contributed by atoms with Crippen LogP contribution < -0.4 is 10.6 Å². The van der Waals surface area contributed by atoms with Gasteiger partial charge >= 0.3 is 5.97 Å². The van der Waals surface area contributed by atoms with Crippen LogP contribution in [0.4, 0.5) is 0 Å². The van der Waals surface area contributed by atoms with E-state index in [0.29, 0.717) is 25.8 Å². The third kappa shape index (κ3) is 5.39. The zero-order valence-corrected chi connectivity index (χ0v) is 13.0. The fourth-order valence-corrected chi connectivity index (χ4v) is 2.77. The second-order valence-corrected chi connectivity index (χ2v) is 5.85. The van der Waals surface area contributed by atoms with E-state index in [0.717, 1.165) is 5.56 Å². The average Bonchev–Trinajstić information content (AvgIpc) is 3.04. The molecule has 2 atom stereocenters. The van der Waals surface area contributed by atoms with E-state index in [4.69, 9.17) is 5.11 Å². The van der Waals surface area contributed by atoms with Gasteiger partial charge in [-0.2, -0.15) is 0 Å². The van der Waals surface area contributed by atoms with Crippen molar-refractivity contribution in [3.8, 4) is 0 Å². The predicted molar refractivity (Wildman–Crippen MR) is 84.4 cm³/mol. The molecule has 0 radical (unpaired) electrons. The first-order valence-corrected chi connectivity index (χ1v) is 7.87. The number of aliphatic carboxylic acids is 1. The summed E-state index contributed by atoms with van der Waals surface area (Å²) in [6.45, 7) is 0.740. The molecule has 0 heterocycles. The third-order valence-electron chi connectivity index (χ3n) is 4.14. The first-order chi connectivity index (χ1) is 11.1. The molecule has 124 valence electrons. The maximum absolute atomic E-state index is 11.9. The van der Waals surface area contributed by atoms with Crippen molar-refractivity contribution in [1.29, 1.82) is 0 Å². The minimum absolute atomic E-state index is 0.121. The van der Waals surface area contributed by atoms with Crippen LogP contribution in [0.2, 0.25) is 0 Å². The molecular weight excluding hydrogens is 296 g/mol. The number of carboxylic acid groups (broad SMARTS) is 1. The zero-order chi connectivity index (χ0) is 16.7. The van der Waals surface area contributed by atoms with Gasteiger partial charge in [-0.05, 0) is 24.8 Å². The summed E-state index contributed by atoms with van der Waals surface area (Å²) in [5, 5.41) is 14.4. The van der Waals surface area contributed by atoms with Gasteiger partial charge in [-0.25, -0.2) is 0 Å². The number of nitrogens with one attached hydrogen (secondary N) is 2. The van der Waals surface area contributed by atoms with Crippen LogP contribution in [0.5, 0.6) is 0 Å². The molecule has 0 aliphatic heterocycles. The second kappa shape index (κ2) is 8.31. The summed E-state index contributed by atoms with van der Waals surface area (Å²) in [5.41, 5.74) is 1.02. The molecule has 1 aliphatic rings. The molecule has 1 aromatic rings. The molecule has 23 heavy (non-hydrogen) atoms. The number of carboxylic acids is 1. The number of benzene rings is 1. The summed E-state index contributed by atoms with van der Waals surface area (Å²) in [5.74, 6) is -1.77. The Bertz CT molecular complexity index is 559. The van der Waals surface area contributed by atoms with E-state index in [1.807, 2.05) is 30.3 Å². The highest BCUT2D eigenvalue weighted by atomic mass is 16.4. The van der Waals surface area contributed by atoms with Crippen LogP contribution in [0.1, 0.15) is 31.2 Å². The molecule has 2 rings (SSSR count). The van der Waals surface area contributed by atoms with E-state index in [1.165, 1.54) is 0 Å². The van der Waals surface area contributed by atoms with Crippen molar-refractivity contribution in [3.63, 3.8) is 0 Å². The van der Waals surface area contributed by atoms with Crippen molar-refractivity contribution in [3.05, 3.63) is 35.9 Å². The van der Waals surface area contributed by atoms with Crippen LogP contribution in [0.3, 0.4) is 0 Å². The molecular formula is C17H22N2O4. The lowest BCUT2D eigenvalue weighted by molar-refractivity contribution is -0.141. The van der Waals surface area contributed by atoms with Crippen molar-refractivity contribution in [1.82, 2.24) is 10.6 Å². The summed E-state index contributed by atoms with van der Waals surface area (Å²) in [6, 6.07) is 9.60. The zero-order valence-electron chi connectivity index (χ0n) is 13.0. The lowest BCUT2D eigenvalue weighted by Gasteiger charge is -2.11. The number of carbonyl (C=O) groups is 3. The van der Waals surface area contributed by atoms with E-state index in [2.05, 4.69) is 10.6 Å². The summed E-state index contributed by atoms with van der Waals surface area (Å²) >= 11 is 0. The Morgan fingerprint density at radius 3 is 2.39 bits per heavy atom. The highest BCUT2D eigenvalue weighted by molar-refractivity contribution is 5.82. The van der Waals surface area contributed by atoms with Crippen LogP contribution in [0.25, 0.3) is 0 Å². The molecule has 0 spiro atoms. The lowest BCUT2D eigenvalue weighted by atomic mass is 10.0. The molecule has 6 heteroatoms. The van der Waals surface area contributed by atoms with Gasteiger partial charge in [-0.1, -0.05) is 30.3 Å². The van der Waals surface area contributed by atoms with Crippen molar-refractivity contribution < 1.29 is 19.5 Å². The normalized spacial score (nSPS) is 20.0. The van der Waals surface area contributed by atoms with E-state index in [-0.39, 0.29) is 30.7 Å². The van der Waals surface area contributed by atoms with E-state index in [1.54, 1.807) is 0 Å². The maximum atomic E-state index is 11.9. The third-order valence-corrected chi connectivity index (χ3v) is 4.14. The van der Waals surface area contributed by atoms with Gasteiger partial charge in [0, 0.05) is 25.4 Å². The lowest BCUT2D eigenvalue weighted by Crippen LogP contribution is -2.33. The Labute approximate surface area is 135 Å². The standard InChI is InChI=1S/C17H22N2O4/c20-15(19-11-12-4-2-1-3-5-12)8-9-18-16(21)13-6-7-14(10-13)17(22)23/h1-5,13-14H,6-11H2,(H,18,21)(H,19,20)(H,22,23)/t13-,14+/m0/s1. The Kier molecular flexibility index (Phi) is 6.14. The second-order valence-electron chi connectivity index (χ2n) is 5.85. The molecule has 0 bridgehead atoms. The maximum Gasteiger partial charge on any atom is 0.306 e. The quantitative estimate of drug-likeness (QED) is 0.706. The average molecular weight is 318 g/mol. The van der Waals surface area contributed by atoms with Crippen LogP contribution in [0, 0.1) is 11.8 Å². The van der Waals surface area contributed by atoms with Gasteiger partial charge in [0.2, 0.25) is 11.8 Å². The van der Waals surface area contributed by atoms with Crippen molar-refractivity contribution in [2.75, 3.05) is 6.54 Å². The summed E-state index contributed by atoms with van der Waals surface area (Å²) < 4.78 is 0. The Morgan fingerprint density at radius 2 is 1.74 bits per heavy atom. The minimum atomic E-state index is -0.833. The van der Waals surface area contributed by atoms with Gasteiger partial charge in [0.1, 0.15) is 0 Å². The fraction of sp³-hybridized carbons (Fsp3) is 0.471. The number of hydrogen-bond donors (Lipinski definition) is 3. The first-order valence-electron chi connectivity index (χ1n) is 7.87. The van der Waals surface area contributed by atoms with Crippen LogP contribution in [-0.4, -0.2) is 29.4 Å². The molecule has 3 N–H and O–H groups in total. The van der Waals surface area contributed by atoms with Gasteiger partial charge in [-0.3, -0.25) is 14.4 Å². The van der Waals surface area contributed by atoms with Crippen molar-refractivity contribution in [2.45, 2.75) is 32.2 Å². The van der Waals surface area contributed by atoms with Gasteiger partial charge in [0.05, 0.1) is 5.92 Å². The molecule has 1 saturated carbocycles. The van der Waals surface area contributed by atoms with Gasteiger partial charge < -0.3 is 15.7 Å². The Hall–Kier alpha value is -2.37. The molecule has 1 fully saturated rings. The summed E-state index contributed by atoms with van der Waals surface area (Å²) in [7, 11) is 0. The molecule has 1 aliphatic carbocycles. The molecule has 1 aromatic carbocycles. The van der Waals surface area contributed by atoms with Gasteiger partial charge in [0.15, 0.2) is 0 Å². The number of hydrogen-bond acceptors (Lipinski definition) is 3. The van der Waals surface area contributed by atoms with Crippen LogP contribution in [0.15, 0.2) is 30.3 Å². The number of amides is 2. The number of rotatable bonds is 7. The molecule has 2 amide bonds. The Balaban J connectivity index is 1.62. The van der Waals surface area contributed by atoms with Gasteiger partial charge in [0.25, 0.3) is 0 Å². The smallest absolute Gasteiger partial charge is 0.306 e. The fourth-order valence-electron chi connectivity index (χ4n) is 2.77. The summed E-state index contributed by atoms with van der Waals surface area (Å²) in [6.07, 6.45) is 1.75. The van der Waals surface area contributed by atoms with E-state index < -0.39 is 11.9 Å². The van der Waals surface area contributed by atoms with Crippen LogP contribution >= 0.6 is 0 Å². The summed E-state index contributed by atoms with van der Waals surface area (Å²) in [4.78, 5) is 34.5. The molecule has 6 nitrogen and oxygen atoms in total. The Morgan fingerprint density at radius 1 is 1.04 bits per heavy atom. The largest absolute Gasteiger partial charge is 0.481 e. The topological polar surface area (TPSA) is 95.5 Å². The molecule has 0 unspecified atom stereocenters. The monoisotopic (exact) mass is 318 g/mol. The molecule has 0 aromatic heterocycles. The van der Waals surface area contributed by atoms with Crippen LogP contribution in [-0.2, 0) is 20.9 Å². The molecule has 0 saturated heterocycles. The minimum Gasteiger partial charge on any atom is -0.481 e. The van der Waals surface area contributed by atoms with Crippen molar-refractivity contribution >= 4 is 17.8 Å². The van der Waals surface area contributed by atoms with E-state index in [9.17, 15) is 14.4 Å². The van der Waals surface area contributed by atoms with Crippen molar-refractivity contribution in [2.24, 2.45) is 11.8 Å². The highest BCUT2D eigenvalue weighted by Gasteiger charge is 2.33.